The standard InChI is InChI=1S/C11H17BrN2/c12-8-5-3-1-2-4-6-11-7-9-13-10-14-11/h7,9-10H,1-6,8H2. The van der Waals surface area contributed by atoms with Gasteiger partial charge >= 0.3 is 0 Å². The molecule has 1 aromatic rings. The van der Waals surface area contributed by atoms with Crippen LogP contribution in [0.2, 0.25) is 0 Å². The molecule has 0 aliphatic rings. The summed E-state index contributed by atoms with van der Waals surface area (Å²) in [6, 6.07) is 2.00. The molecule has 0 bridgehead atoms. The molecule has 0 aliphatic carbocycles. The minimum atomic E-state index is 1.09. The molecule has 14 heavy (non-hydrogen) atoms. The first kappa shape index (κ1) is 11.6. The fourth-order valence-electron chi connectivity index (χ4n) is 1.40. The van der Waals surface area contributed by atoms with Gasteiger partial charge in [0.1, 0.15) is 6.33 Å². The Kier molecular flexibility index (Phi) is 6.58. The summed E-state index contributed by atoms with van der Waals surface area (Å²) in [5, 5.41) is 1.14. The lowest BCUT2D eigenvalue weighted by atomic mass is 10.1. The van der Waals surface area contributed by atoms with Gasteiger partial charge in [0.2, 0.25) is 0 Å². The van der Waals surface area contributed by atoms with Crippen LogP contribution in [0.4, 0.5) is 0 Å². The van der Waals surface area contributed by atoms with Gasteiger partial charge in [0.15, 0.2) is 0 Å². The summed E-state index contributed by atoms with van der Waals surface area (Å²) in [4.78, 5) is 8.09. The third kappa shape index (κ3) is 5.32. The zero-order valence-electron chi connectivity index (χ0n) is 8.45. The lowest BCUT2D eigenvalue weighted by Gasteiger charge is -2.00. The van der Waals surface area contributed by atoms with E-state index in [1.807, 2.05) is 12.3 Å². The second-order valence-corrected chi connectivity index (χ2v) is 4.20. The van der Waals surface area contributed by atoms with E-state index < -0.39 is 0 Å². The summed E-state index contributed by atoms with van der Waals surface area (Å²) >= 11 is 3.44. The summed E-state index contributed by atoms with van der Waals surface area (Å²) in [6.07, 6.45) is 11.1. The van der Waals surface area contributed by atoms with E-state index in [0.717, 1.165) is 11.8 Å². The second-order valence-electron chi connectivity index (χ2n) is 3.41. The molecule has 0 unspecified atom stereocenters. The number of halogens is 1. The molecule has 0 aliphatic heterocycles. The van der Waals surface area contributed by atoms with Crippen LogP contribution in [0.15, 0.2) is 18.6 Å². The number of rotatable bonds is 7. The Bertz CT molecular complexity index is 226. The first-order chi connectivity index (χ1) is 6.93. The van der Waals surface area contributed by atoms with Crippen molar-refractivity contribution in [3.63, 3.8) is 0 Å². The Labute approximate surface area is 94.3 Å². The van der Waals surface area contributed by atoms with Crippen LogP contribution in [-0.4, -0.2) is 15.3 Å². The molecule has 3 heteroatoms. The van der Waals surface area contributed by atoms with Crippen LogP contribution in [0, 0.1) is 0 Å². The highest BCUT2D eigenvalue weighted by atomic mass is 79.9. The molecule has 0 spiro atoms. The molecule has 0 amide bonds. The van der Waals surface area contributed by atoms with Gasteiger partial charge in [0.05, 0.1) is 0 Å². The Hall–Kier alpha value is -0.440. The highest BCUT2D eigenvalue weighted by Gasteiger charge is 1.93. The fraction of sp³-hybridized carbons (Fsp3) is 0.636. The predicted molar refractivity (Wildman–Crippen MR) is 62.6 cm³/mol. The van der Waals surface area contributed by atoms with E-state index in [1.54, 1.807) is 6.33 Å². The maximum Gasteiger partial charge on any atom is 0.115 e. The third-order valence-corrected chi connectivity index (χ3v) is 2.77. The SMILES string of the molecule is BrCCCCCCCc1ccncn1. The van der Waals surface area contributed by atoms with Gasteiger partial charge in [-0.05, 0) is 25.3 Å². The van der Waals surface area contributed by atoms with Gasteiger partial charge in [-0.15, -0.1) is 0 Å². The number of aryl methyl sites for hydroxylation is 1. The van der Waals surface area contributed by atoms with Crippen LogP contribution in [-0.2, 0) is 6.42 Å². The lowest BCUT2D eigenvalue weighted by molar-refractivity contribution is 0.631. The first-order valence-electron chi connectivity index (χ1n) is 5.24. The van der Waals surface area contributed by atoms with Crippen molar-refractivity contribution in [1.29, 1.82) is 0 Å². The topological polar surface area (TPSA) is 25.8 Å². The molecule has 0 saturated heterocycles. The van der Waals surface area contributed by atoms with Gasteiger partial charge in [-0.3, -0.25) is 0 Å². The molecule has 0 atom stereocenters. The van der Waals surface area contributed by atoms with E-state index in [1.165, 1.54) is 37.8 Å². The Morgan fingerprint density at radius 1 is 1.07 bits per heavy atom. The summed E-state index contributed by atoms with van der Waals surface area (Å²) < 4.78 is 0. The minimum Gasteiger partial charge on any atom is -0.245 e. The summed E-state index contributed by atoms with van der Waals surface area (Å²) in [7, 11) is 0. The molecule has 2 nitrogen and oxygen atoms in total. The largest absolute Gasteiger partial charge is 0.245 e. The summed E-state index contributed by atoms with van der Waals surface area (Å²) in [5.41, 5.74) is 1.17. The van der Waals surface area contributed by atoms with Gasteiger partial charge in [-0.2, -0.15) is 0 Å². The van der Waals surface area contributed by atoms with Crippen LogP contribution in [0.25, 0.3) is 0 Å². The summed E-state index contributed by atoms with van der Waals surface area (Å²) in [5.74, 6) is 0. The van der Waals surface area contributed by atoms with Gasteiger partial charge in [-0.25, -0.2) is 9.97 Å². The third-order valence-electron chi connectivity index (χ3n) is 2.21. The van der Waals surface area contributed by atoms with Crippen molar-refractivity contribution in [3.05, 3.63) is 24.3 Å². The normalized spacial score (nSPS) is 10.4. The van der Waals surface area contributed by atoms with Crippen molar-refractivity contribution in [2.24, 2.45) is 0 Å². The Morgan fingerprint density at radius 3 is 2.57 bits per heavy atom. The van der Waals surface area contributed by atoms with Crippen molar-refractivity contribution in [2.45, 2.75) is 38.5 Å². The number of alkyl halides is 1. The van der Waals surface area contributed by atoms with Gasteiger partial charge in [-0.1, -0.05) is 35.2 Å². The minimum absolute atomic E-state index is 1.09. The molecule has 0 fully saturated rings. The van der Waals surface area contributed by atoms with Gasteiger partial charge in [0, 0.05) is 17.2 Å². The quantitative estimate of drug-likeness (QED) is 0.553. The smallest absolute Gasteiger partial charge is 0.115 e. The van der Waals surface area contributed by atoms with Crippen molar-refractivity contribution < 1.29 is 0 Å². The first-order valence-corrected chi connectivity index (χ1v) is 6.36. The molecular formula is C11H17BrN2. The van der Waals surface area contributed by atoms with E-state index in [4.69, 9.17) is 0 Å². The van der Waals surface area contributed by atoms with E-state index in [-0.39, 0.29) is 0 Å². The van der Waals surface area contributed by atoms with Crippen LogP contribution in [0.3, 0.4) is 0 Å². The van der Waals surface area contributed by atoms with Crippen LogP contribution >= 0.6 is 15.9 Å². The molecule has 1 aromatic heterocycles. The highest BCUT2D eigenvalue weighted by Crippen LogP contribution is 2.07. The van der Waals surface area contributed by atoms with E-state index in [9.17, 15) is 0 Å². The van der Waals surface area contributed by atoms with Crippen LogP contribution in [0.1, 0.15) is 37.8 Å². The number of aromatic nitrogens is 2. The average Bonchev–Trinajstić information content (AvgIpc) is 2.25. The predicted octanol–water partition coefficient (Wildman–Crippen LogP) is 3.36. The Balaban J connectivity index is 1.99. The molecule has 0 N–H and O–H groups in total. The molecule has 0 saturated carbocycles. The maximum absolute atomic E-state index is 4.19. The fourth-order valence-corrected chi connectivity index (χ4v) is 1.79. The number of unbranched alkanes of at least 4 members (excludes halogenated alkanes) is 4. The van der Waals surface area contributed by atoms with Crippen LogP contribution in [0.5, 0.6) is 0 Å². The number of hydrogen-bond donors (Lipinski definition) is 0. The van der Waals surface area contributed by atoms with Crippen molar-refractivity contribution >= 4 is 15.9 Å². The van der Waals surface area contributed by atoms with Crippen molar-refractivity contribution in [3.8, 4) is 0 Å². The molecule has 0 aromatic carbocycles. The lowest BCUT2D eigenvalue weighted by Crippen LogP contribution is -1.90. The zero-order chi connectivity index (χ0) is 10.1. The van der Waals surface area contributed by atoms with E-state index in [2.05, 4.69) is 25.9 Å². The molecule has 1 rings (SSSR count). The monoisotopic (exact) mass is 256 g/mol. The molecular weight excluding hydrogens is 240 g/mol. The van der Waals surface area contributed by atoms with Crippen molar-refractivity contribution in [1.82, 2.24) is 9.97 Å². The van der Waals surface area contributed by atoms with E-state index >= 15 is 0 Å². The number of nitrogens with zero attached hydrogens (tertiary/aromatic N) is 2. The molecule has 78 valence electrons. The number of hydrogen-bond acceptors (Lipinski definition) is 2. The highest BCUT2D eigenvalue weighted by molar-refractivity contribution is 9.09. The van der Waals surface area contributed by atoms with Gasteiger partial charge < -0.3 is 0 Å². The van der Waals surface area contributed by atoms with Crippen LogP contribution < -0.4 is 0 Å². The maximum atomic E-state index is 4.19. The average molecular weight is 257 g/mol. The second kappa shape index (κ2) is 7.92. The van der Waals surface area contributed by atoms with Gasteiger partial charge in [0.25, 0.3) is 0 Å². The Morgan fingerprint density at radius 2 is 1.86 bits per heavy atom. The van der Waals surface area contributed by atoms with Crippen molar-refractivity contribution in [2.75, 3.05) is 5.33 Å². The zero-order valence-corrected chi connectivity index (χ0v) is 10.0. The molecule has 1 heterocycles. The van der Waals surface area contributed by atoms with E-state index in [0.29, 0.717) is 0 Å². The molecule has 0 radical (unpaired) electrons. The summed E-state index contributed by atoms with van der Waals surface area (Å²) in [6.45, 7) is 0.